The highest BCUT2D eigenvalue weighted by Gasteiger charge is 2.17. The van der Waals surface area contributed by atoms with Gasteiger partial charge < -0.3 is 24.8 Å². The maximum atomic E-state index is 5.86. The highest BCUT2D eigenvalue weighted by atomic mass is 16.5. The smallest absolute Gasteiger partial charge is 0.239 e. The first-order valence-electron chi connectivity index (χ1n) is 6.77. The average molecular weight is 283 g/mol. The zero-order chi connectivity index (χ0) is 15.0. The Morgan fingerprint density at radius 3 is 2.65 bits per heavy atom. The molecule has 0 spiro atoms. The number of ether oxygens (including phenoxy) is 3. The number of hydrogen-bond acceptors (Lipinski definition) is 6. The van der Waals surface area contributed by atoms with Gasteiger partial charge in [-0.2, -0.15) is 4.98 Å². The standard InChI is InChI=1S/C14H25N3O3/c1-5-20-14-12(15)6-7-13(16-14)17(8-9-18-3)11(2)10-19-4/h6-7,11H,5,8-10,15H2,1-4H3. The Morgan fingerprint density at radius 1 is 1.30 bits per heavy atom. The van der Waals surface area contributed by atoms with Crippen LogP contribution in [0.4, 0.5) is 11.5 Å². The van der Waals surface area contributed by atoms with E-state index in [1.54, 1.807) is 14.2 Å². The molecule has 6 nitrogen and oxygen atoms in total. The lowest BCUT2D eigenvalue weighted by molar-refractivity contribution is 0.170. The number of nitrogen functional groups attached to an aromatic ring is 1. The van der Waals surface area contributed by atoms with E-state index in [-0.39, 0.29) is 6.04 Å². The van der Waals surface area contributed by atoms with Gasteiger partial charge in [-0.1, -0.05) is 0 Å². The number of rotatable bonds is 9. The Bertz CT molecular complexity index is 401. The minimum Gasteiger partial charge on any atom is -0.476 e. The second-order valence-electron chi connectivity index (χ2n) is 4.49. The number of nitrogens with zero attached hydrogens (tertiary/aromatic N) is 2. The summed E-state index contributed by atoms with van der Waals surface area (Å²) < 4.78 is 15.8. The van der Waals surface area contributed by atoms with Crippen molar-refractivity contribution in [3.05, 3.63) is 12.1 Å². The van der Waals surface area contributed by atoms with Crippen LogP contribution in [0.5, 0.6) is 5.88 Å². The van der Waals surface area contributed by atoms with Gasteiger partial charge in [-0.3, -0.25) is 0 Å². The molecule has 0 bridgehead atoms. The molecule has 0 saturated carbocycles. The van der Waals surface area contributed by atoms with Crippen LogP contribution in [0.25, 0.3) is 0 Å². The fourth-order valence-corrected chi connectivity index (χ4v) is 1.94. The fourth-order valence-electron chi connectivity index (χ4n) is 1.94. The number of nitrogens with two attached hydrogens (primary N) is 1. The summed E-state index contributed by atoms with van der Waals surface area (Å²) in [5, 5.41) is 0. The second-order valence-corrected chi connectivity index (χ2v) is 4.49. The normalized spacial score (nSPS) is 12.2. The molecule has 1 rings (SSSR count). The first-order chi connectivity index (χ1) is 9.63. The Kier molecular flexibility index (Phi) is 7.11. The Hall–Kier alpha value is -1.53. The predicted octanol–water partition coefficient (Wildman–Crippen LogP) is 1.55. The van der Waals surface area contributed by atoms with E-state index in [4.69, 9.17) is 19.9 Å². The number of methoxy groups -OCH3 is 2. The van der Waals surface area contributed by atoms with Gasteiger partial charge in [0.15, 0.2) is 0 Å². The van der Waals surface area contributed by atoms with Crippen LogP contribution in [0.1, 0.15) is 13.8 Å². The molecule has 0 amide bonds. The van der Waals surface area contributed by atoms with E-state index >= 15 is 0 Å². The molecule has 6 heteroatoms. The van der Waals surface area contributed by atoms with Crippen molar-refractivity contribution in [1.82, 2.24) is 4.98 Å². The molecule has 1 unspecified atom stereocenters. The van der Waals surface area contributed by atoms with E-state index in [2.05, 4.69) is 16.8 Å². The van der Waals surface area contributed by atoms with Crippen molar-refractivity contribution in [2.75, 3.05) is 51.2 Å². The van der Waals surface area contributed by atoms with Crippen molar-refractivity contribution in [3.63, 3.8) is 0 Å². The molecule has 1 aromatic heterocycles. The SMILES string of the molecule is CCOc1nc(N(CCOC)C(C)COC)ccc1N. The van der Waals surface area contributed by atoms with Gasteiger partial charge in [-0.25, -0.2) is 0 Å². The quantitative estimate of drug-likeness (QED) is 0.741. The van der Waals surface area contributed by atoms with Crippen molar-refractivity contribution in [2.45, 2.75) is 19.9 Å². The third kappa shape index (κ3) is 4.54. The minimum absolute atomic E-state index is 0.181. The summed E-state index contributed by atoms with van der Waals surface area (Å²) >= 11 is 0. The van der Waals surface area contributed by atoms with Crippen molar-refractivity contribution in [1.29, 1.82) is 0 Å². The molecule has 0 aliphatic heterocycles. The first kappa shape index (κ1) is 16.5. The Labute approximate surface area is 120 Å². The number of aromatic nitrogens is 1. The molecule has 0 aromatic carbocycles. The Morgan fingerprint density at radius 2 is 2.05 bits per heavy atom. The third-order valence-electron chi connectivity index (χ3n) is 2.93. The monoisotopic (exact) mass is 283 g/mol. The maximum Gasteiger partial charge on any atom is 0.239 e. The molecular formula is C14H25N3O3. The van der Waals surface area contributed by atoms with E-state index in [1.807, 2.05) is 19.1 Å². The summed E-state index contributed by atoms with van der Waals surface area (Å²) in [6, 6.07) is 3.88. The summed E-state index contributed by atoms with van der Waals surface area (Å²) in [7, 11) is 3.37. The molecule has 2 N–H and O–H groups in total. The highest BCUT2D eigenvalue weighted by Crippen LogP contribution is 2.24. The van der Waals surface area contributed by atoms with Crippen LogP contribution < -0.4 is 15.4 Å². The minimum atomic E-state index is 0.181. The summed E-state index contributed by atoms with van der Waals surface area (Å²) in [5.74, 6) is 1.28. The largest absolute Gasteiger partial charge is 0.476 e. The number of pyridine rings is 1. The lowest BCUT2D eigenvalue weighted by Gasteiger charge is -2.30. The van der Waals surface area contributed by atoms with Gasteiger partial charge in [0, 0.05) is 20.8 Å². The zero-order valence-electron chi connectivity index (χ0n) is 12.8. The van der Waals surface area contributed by atoms with Crippen LogP contribution in [-0.2, 0) is 9.47 Å². The molecule has 0 saturated heterocycles. The topological polar surface area (TPSA) is 69.8 Å². The van der Waals surface area contributed by atoms with Gasteiger partial charge in [-0.15, -0.1) is 0 Å². The van der Waals surface area contributed by atoms with Crippen molar-refractivity contribution in [2.24, 2.45) is 0 Å². The molecule has 20 heavy (non-hydrogen) atoms. The van der Waals surface area contributed by atoms with Crippen molar-refractivity contribution < 1.29 is 14.2 Å². The molecule has 1 heterocycles. The fraction of sp³-hybridized carbons (Fsp3) is 0.643. The van der Waals surface area contributed by atoms with E-state index in [0.717, 1.165) is 12.4 Å². The van der Waals surface area contributed by atoms with Gasteiger partial charge in [0.2, 0.25) is 5.88 Å². The summed E-state index contributed by atoms with van der Waals surface area (Å²) in [6.45, 7) is 6.47. The van der Waals surface area contributed by atoms with Crippen LogP contribution in [0.15, 0.2) is 12.1 Å². The molecular weight excluding hydrogens is 258 g/mol. The van der Waals surface area contributed by atoms with Gasteiger partial charge in [0.25, 0.3) is 0 Å². The molecule has 0 aliphatic carbocycles. The molecule has 0 fully saturated rings. The summed E-state index contributed by atoms with van der Waals surface area (Å²) in [5.41, 5.74) is 6.40. The van der Waals surface area contributed by atoms with Gasteiger partial charge in [0.1, 0.15) is 5.82 Å². The van der Waals surface area contributed by atoms with E-state index in [9.17, 15) is 0 Å². The average Bonchev–Trinajstić information content (AvgIpc) is 2.43. The molecule has 1 aromatic rings. The lowest BCUT2D eigenvalue weighted by atomic mass is 10.2. The summed E-state index contributed by atoms with van der Waals surface area (Å²) in [6.07, 6.45) is 0. The highest BCUT2D eigenvalue weighted by molar-refractivity contribution is 5.55. The van der Waals surface area contributed by atoms with Crippen LogP contribution in [0, 0.1) is 0 Å². The number of anilines is 2. The maximum absolute atomic E-state index is 5.86. The molecule has 1 atom stereocenters. The molecule has 0 radical (unpaired) electrons. The van der Waals surface area contributed by atoms with Gasteiger partial charge in [-0.05, 0) is 26.0 Å². The summed E-state index contributed by atoms with van der Waals surface area (Å²) in [4.78, 5) is 6.61. The van der Waals surface area contributed by atoms with Crippen LogP contribution in [0.2, 0.25) is 0 Å². The second kappa shape index (κ2) is 8.60. The van der Waals surface area contributed by atoms with Crippen molar-refractivity contribution in [3.8, 4) is 5.88 Å². The van der Waals surface area contributed by atoms with Crippen molar-refractivity contribution >= 4 is 11.5 Å². The van der Waals surface area contributed by atoms with Gasteiger partial charge >= 0.3 is 0 Å². The van der Waals surface area contributed by atoms with E-state index in [0.29, 0.717) is 31.4 Å². The first-order valence-corrected chi connectivity index (χ1v) is 6.77. The zero-order valence-corrected chi connectivity index (χ0v) is 12.8. The third-order valence-corrected chi connectivity index (χ3v) is 2.93. The van der Waals surface area contributed by atoms with Crippen LogP contribution in [-0.4, -0.2) is 51.6 Å². The van der Waals surface area contributed by atoms with E-state index < -0.39 is 0 Å². The van der Waals surface area contributed by atoms with Crippen LogP contribution in [0.3, 0.4) is 0 Å². The van der Waals surface area contributed by atoms with Crippen LogP contribution >= 0.6 is 0 Å². The van der Waals surface area contributed by atoms with Gasteiger partial charge in [0.05, 0.1) is 31.5 Å². The Balaban J connectivity index is 2.96. The van der Waals surface area contributed by atoms with E-state index in [1.165, 1.54) is 0 Å². The molecule has 0 aliphatic rings. The molecule has 114 valence electrons. The number of hydrogen-bond donors (Lipinski definition) is 1. The predicted molar refractivity (Wildman–Crippen MR) is 80.4 cm³/mol. The lowest BCUT2D eigenvalue weighted by Crippen LogP contribution is -2.39.